The van der Waals surface area contributed by atoms with Gasteiger partial charge >= 0.3 is 12.1 Å². The van der Waals surface area contributed by atoms with Crippen molar-refractivity contribution < 1.29 is 27.4 Å². The molecule has 3 nitrogen and oxygen atoms in total. The predicted molar refractivity (Wildman–Crippen MR) is 61.5 cm³/mol. The Labute approximate surface area is 110 Å². The molecule has 1 aromatic carbocycles. The molecule has 0 N–H and O–H groups in total. The Bertz CT molecular complexity index is 408. The molecule has 100 valence electrons. The van der Waals surface area contributed by atoms with Crippen molar-refractivity contribution in [2.45, 2.75) is 11.1 Å². The molecular weight excluding hydrogens is 317 g/mol. The van der Waals surface area contributed by atoms with Crippen LogP contribution in [0.4, 0.5) is 13.2 Å². The zero-order valence-electron chi connectivity index (χ0n) is 9.33. The molecule has 1 unspecified atom stereocenters. The number of esters is 1. The Kier molecular flexibility index (Phi) is 5.15. The lowest BCUT2D eigenvalue weighted by Crippen LogP contribution is -2.24. The van der Waals surface area contributed by atoms with Gasteiger partial charge < -0.3 is 4.74 Å². The number of halogens is 4. The van der Waals surface area contributed by atoms with Crippen LogP contribution in [0.2, 0.25) is 0 Å². The van der Waals surface area contributed by atoms with Crippen LogP contribution >= 0.6 is 15.9 Å². The fourth-order valence-electron chi connectivity index (χ4n) is 1.14. The first-order chi connectivity index (χ1) is 8.39. The zero-order chi connectivity index (χ0) is 13.8. The molecule has 0 amide bonds. The number of carbonyl (C=O) groups is 1. The van der Waals surface area contributed by atoms with Crippen LogP contribution in [0, 0.1) is 0 Å². The molecule has 1 aromatic rings. The first-order valence-electron chi connectivity index (χ1n) is 4.83. The van der Waals surface area contributed by atoms with E-state index in [0.717, 1.165) is 0 Å². The van der Waals surface area contributed by atoms with E-state index in [1.54, 1.807) is 0 Å². The van der Waals surface area contributed by atoms with E-state index in [0.29, 0.717) is 5.56 Å². The Morgan fingerprint density at radius 2 is 1.94 bits per heavy atom. The molecule has 0 radical (unpaired) electrons. The SMILES string of the molecule is COC(=O)c1ccc(C(Br)OC(F)(F)CF)cc1. The normalized spacial score (nSPS) is 13.2. The van der Waals surface area contributed by atoms with E-state index in [1.807, 2.05) is 0 Å². The van der Waals surface area contributed by atoms with E-state index < -0.39 is 23.8 Å². The number of hydrogen-bond acceptors (Lipinski definition) is 3. The minimum atomic E-state index is -3.85. The minimum Gasteiger partial charge on any atom is -0.465 e. The maximum atomic E-state index is 12.6. The maximum absolute atomic E-state index is 12.6. The highest BCUT2D eigenvalue weighted by Gasteiger charge is 2.33. The fraction of sp³-hybridized carbons (Fsp3) is 0.364. The molecule has 0 aliphatic heterocycles. The van der Waals surface area contributed by atoms with Crippen LogP contribution in [0.3, 0.4) is 0 Å². The Balaban J connectivity index is 2.76. The lowest BCUT2D eigenvalue weighted by Gasteiger charge is -2.18. The van der Waals surface area contributed by atoms with Gasteiger partial charge in [-0.25, -0.2) is 9.18 Å². The number of benzene rings is 1. The van der Waals surface area contributed by atoms with E-state index in [-0.39, 0.29) is 5.56 Å². The van der Waals surface area contributed by atoms with Gasteiger partial charge in [0.2, 0.25) is 0 Å². The first-order valence-corrected chi connectivity index (χ1v) is 5.75. The van der Waals surface area contributed by atoms with Crippen LogP contribution in [0.5, 0.6) is 0 Å². The second-order valence-electron chi connectivity index (χ2n) is 3.32. The highest BCUT2D eigenvalue weighted by Crippen LogP contribution is 2.31. The number of rotatable bonds is 5. The predicted octanol–water partition coefficient (Wildman–Crippen LogP) is 3.45. The van der Waals surface area contributed by atoms with Crippen molar-refractivity contribution in [2.24, 2.45) is 0 Å². The summed E-state index contributed by atoms with van der Waals surface area (Å²) < 4.78 is 45.9. The van der Waals surface area contributed by atoms with Gasteiger partial charge in [0.15, 0.2) is 6.67 Å². The monoisotopic (exact) mass is 326 g/mol. The average molecular weight is 327 g/mol. The highest BCUT2D eigenvalue weighted by atomic mass is 79.9. The molecule has 0 aromatic heterocycles. The Hall–Kier alpha value is -1.08. The summed E-state index contributed by atoms with van der Waals surface area (Å²) in [5.74, 6) is -0.539. The molecule has 0 saturated carbocycles. The molecule has 1 rings (SSSR count). The number of ether oxygens (including phenoxy) is 2. The van der Waals surface area contributed by atoms with Crippen molar-refractivity contribution in [1.82, 2.24) is 0 Å². The lowest BCUT2D eigenvalue weighted by atomic mass is 10.1. The summed E-state index contributed by atoms with van der Waals surface area (Å²) in [7, 11) is 1.23. The van der Waals surface area contributed by atoms with Crippen LogP contribution in [-0.2, 0) is 9.47 Å². The van der Waals surface area contributed by atoms with Gasteiger partial charge in [-0.2, -0.15) is 8.78 Å². The van der Waals surface area contributed by atoms with Gasteiger partial charge in [0.25, 0.3) is 0 Å². The minimum absolute atomic E-state index is 0.276. The van der Waals surface area contributed by atoms with Crippen LogP contribution in [0.25, 0.3) is 0 Å². The molecular formula is C11H10BrF3O3. The van der Waals surface area contributed by atoms with Gasteiger partial charge in [-0.05, 0) is 17.7 Å². The van der Waals surface area contributed by atoms with E-state index in [9.17, 15) is 18.0 Å². The van der Waals surface area contributed by atoms with Crippen molar-refractivity contribution in [1.29, 1.82) is 0 Å². The Morgan fingerprint density at radius 1 is 1.39 bits per heavy atom. The summed E-state index contributed by atoms with van der Waals surface area (Å²) in [6.45, 7) is -1.91. The van der Waals surface area contributed by atoms with Gasteiger partial charge in [0.1, 0.15) is 5.01 Å². The van der Waals surface area contributed by atoms with Crippen LogP contribution in [0.1, 0.15) is 20.9 Å². The summed E-state index contributed by atoms with van der Waals surface area (Å²) in [6.07, 6.45) is -3.85. The molecule has 0 saturated heterocycles. The summed E-state index contributed by atoms with van der Waals surface area (Å²) in [5, 5.41) is -1.17. The fourth-order valence-corrected chi connectivity index (χ4v) is 1.72. The average Bonchev–Trinajstić information content (AvgIpc) is 2.37. The second kappa shape index (κ2) is 6.19. The first kappa shape index (κ1) is 15.0. The van der Waals surface area contributed by atoms with Crippen LogP contribution in [0.15, 0.2) is 24.3 Å². The zero-order valence-corrected chi connectivity index (χ0v) is 10.9. The third-order valence-corrected chi connectivity index (χ3v) is 2.74. The van der Waals surface area contributed by atoms with Crippen LogP contribution < -0.4 is 0 Å². The van der Waals surface area contributed by atoms with E-state index >= 15 is 0 Å². The van der Waals surface area contributed by atoms with Crippen molar-refractivity contribution in [2.75, 3.05) is 13.8 Å². The number of methoxy groups -OCH3 is 1. The van der Waals surface area contributed by atoms with Gasteiger partial charge in [-0.15, -0.1) is 0 Å². The van der Waals surface area contributed by atoms with Gasteiger partial charge in [-0.3, -0.25) is 4.74 Å². The lowest BCUT2D eigenvalue weighted by molar-refractivity contribution is -0.253. The summed E-state index contributed by atoms with van der Waals surface area (Å²) in [4.78, 5) is 11.1. The number of carbonyl (C=O) groups excluding carboxylic acids is 1. The van der Waals surface area contributed by atoms with Crippen molar-refractivity contribution in [3.63, 3.8) is 0 Å². The van der Waals surface area contributed by atoms with Crippen molar-refractivity contribution in [3.8, 4) is 0 Å². The summed E-state index contributed by atoms with van der Waals surface area (Å²) in [6, 6.07) is 5.60. The molecule has 18 heavy (non-hydrogen) atoms. The van der Waals surface area contributed by atoms with E-state index in [1.165, 1.54) is 31.4 Å². The molecule has 0 heterocycles. The molecule has 0 spiro atoms. The molecule has 7 heteroatoms. The van der Waals surface area contributed by atoms with Crippen LogP contribution in [-0.4, -0.2) is 25.9 Å². The number of hydrogen-bond donors (Lipinski definition) is 0. The largest absolute Gasteiger partial charge is 0.465 e. The maximum Gasteiger partial charge on any atom is 0.385 e. The third kappa shape index (κ3) is 3.99. The molecule has 1 atom stereocenters. The Morgan fingerprint density at radius 3 is 2.39 bits per heavy atom. The van der Waals surface area contributed by atoms with Gasteiger partial charge in [0.05, 0.1) is 12.7 Å². The molecule has 0 aliphatic rings. The topological polar surface area (TPSA) is 35.5 Å². The number of alkyl halides is 4. The quantitative estimate of drug-likeness (QED) is 0.614. The standard InChI is InChI=1S/C11H10BrF3O3/c1-17-10(16)8-4-2-7(3-5-8)9(12)18-11(14,15)6-13/h2-5,9H,6H2,1H3. The van der Waals surface area contributed by atoms with Crippen molar-refractivity contribution in [3.05, 3.63) is 35.4 Å². The van der Waals surface area contributed by atoms with E-state index in [4.69, 9.17) is 0 Å². The van der Waals surface area contributed by atoms with E-state index in [2.05, 4.69) is 25.4 Å². The third-order valence-electron chi connectivity index (χ3n) is 2.03. The smallest absolute Gasteiger partial charge is 0.385 e. The van der Waals surface area contributed by atoms with Gasteiger partial charge in [-0.1, -0.05) is 28.1 Å². The summed E-state index contributed by atoms with van der Waals surface area (Å²) >= 11 is 2.86. The highest BCUT2D eigenvalue weighted by molar-refractivity contribution is 9.09. The second-order valence-corrected chi connectivity index (χ2v) is 4.15. The molecule has 0 fully saturated rings. The summed E-state index contributed by atoms with van der Waals surface area (Å²) in [5.41, 5.74) is 0.606. The van der Waals surface area contributed by atoms with Gasteiger partial charge in [0, 0.05) is 0 Å². The van der Waals surface area contributed by atoms with Crippen molar-refractivity contribution >= 4 is 21.9 Å². The molecule has 0 bridgehead atoms. The molecule has 0 aliphatic carbocycles.